The first-order valence-corrected chi connectivity index (χ1v) is 9.48. The summed E-state index contributed by atoms with van der Waals surface area (Å²) < 4.78 is 4.99. The van der Waals surface area contributed by atoms with Crippen LogP contribution in [0.15, 0.2) is 73.1 Å². The van der Waals surface area contributed by atoms with Gasteiger partial charge in [-0.2, -0.15) is 0 Å². The summed E-state index contributed by atoms with van der Waals surface area (Å²) in [6.45, 7) is 4.59. The SMILES string of the molecule is CCOC(=O)c1ccc(Nc2cncc(C(=O)N(CC)c3ccccc3)c2)cc1. The quantitative estimate of drug-likeness (QED) is 0.595. The number of benzene rings is 2. The zero-order valence-corrected chi connectivity index (χ0v) is 16.5. The third-order valence-corrected chi connectivity index (χ3v) is 4.30. The first-order valence-electron chi connectivity index (χ1n) is 9.48. The Bertz CT molecular complexity index is 972. The van der Waals surface area contributed by atoms with Crippen LogP contribution in [0.25, 0.3) is 0 Å². The fourth-order valence-electron chi connectivity index (χ4n) is 2.90. The van der Waals surface area contributed by atoms with Crippen LogP contribution in [0, 0.1) is 0 Å². The Morgan fingerprint density at radius 2 is 1.66 bits per heavy atom. The van der Waals surface area contributed by atoms with Gasteiger partial charge in [0.25, 0.3) is 5.91 Å². The number of pyridine rings is 1. The number of hydrogen-bond acceptors (Lipinski definition) is 5. The molecule has 3 aromatic rings. The van der Waals surface area contributed by atoms with Gasteiger partial charge in [-0.05, 0) is 56.3 Å². The molecule has 6 heteroatoms. The Balaban J connectivity index is 1.75. The first kappa shape index (κ1) is 20.1. The van der Waals surface area contributed by atoms with Crippen LogP contribution in [0.3, 0.4) is 0 Å². The highest BCUT2D eigenvalue weighted by molar-refractivity contribution is 6.06. The van der Waals surface area contributed by atoms with Crippen molar-refractivity contribution in [1.82, 2.24) is 4.98 Å². The van der Waals surface area contributed by atoms with Crippen LogP contribution >= 0.6 is 0 Å². The van der Waals surface area contributed by atoms with E-state index in [0.717, 1.165) is 11.4 Å². The largest absolute Gasteiger partial charge is 0.462 e. The van der Waals surface area contributed by atoms with Gasteiger partial charge < -0.3 is 15.0 Å². The molecule has 0 radical (unpaired) electrons. The number of para-hydroxylation sites is 1. The average molecular weight is 389 g/mol. The van der Waals surface area contributed by atoms with Gasteiger partial charge in [-0.3, -0.25) is 9.78 Å². The topological polar surface area (TPSA) is 71.5 Å². The second-order valence-electron chi connectivity index (χ2n) is 6.27. The first-order chi connectivity index (χ1) is 14.1. The number of rotatable bonds is 7. The van der Waals surface area contributed by atoms with Gasteiger partial charge in [-0.25, -0.2) is 4.79 Å². The minimum Gasteiger partial charge on any atom is -0.462 e. The second kappa shape index (κ2) is 9.50. The molecule has 1 aromatic heterocycles. The summed E-state index contributed by atoms with van der Waals surface area (Å²) in [4.78, 5) is 30.6. The summed E-state index contributed by atoms with van der Waals surface area (Å²) in [6, 6.07) is 18.2. The molecule has 0 aliphatic heterocycles. The number of carbonyl (C=O) groups is 2. The molecule has 6 nitrogen and oxygen atoms in total. The molecule has 0 saturated heterocycles. The minimum absolute atomic E-state index is 0.118. The monoisotopic (exact) mass is 389 g/mol. The predicted octanol–water partition coefficient (Wildman–Crippen LogP) is 4.67. The van der Waals surface area contributed by atoms with E-state index < -0.39 is 0 Å². The zero-order chi connectivity index (χ0) is 20.6. The average Bonchev–Trinajstić information content (AvgIpc) is 2.76. The van der Waals surface area contributed by atoms with Crippen LogP contribution in [-0.2, 0) is 4.74 Å². The molecule has 0 aliphatic rings. The molecule has 1 heterocycles. The molecule has 0 saturated carbocycles. The molecule has 0 atom stereocenters. The van der Waals surface area contributed by atoms with E-state index in [1.54, 1.807) is 54.5 Å². The van der Waals surface area contributed by atoms with Gasteiger partial charge >= 0.3 is 5.97 Å². The molecule has 1 amide bonds. The Morgan fingerprint density at radius 3 is 2.31 bits per heavy atom. The summed E-state index contributed by atoms with van der Waals surface area (Å²) >= 11 is 0. The number of hydrogen-bond donors (Lipinski definition) is 1. The van der Waals surface area contributed by atoms with Crippen molar-refractivity contribution in [3.05, 3.63) is 84.2 Å². The van der Waals surface area contributed by atoms with Gasteiger partial charge in [0.05, 0.1) is 29.6 Å². The lowest BCUT2D eigenvalue weighted by atomic mass is 10.2. The number of nitrogens with zero attached hydrogens (tertiary/aromatic N) is 2. The number of aromatic nitrogens is 1. The number of carbonyl (C=O) groups excluding carboxylic acids is 2. The van der Waals surface area contributed by atoms with Crippen LogP contribution in [0.2, 0.25) is 0 Å². The summed E-state index contributed by atoms with van der Waals surface area (Å²) in [7, 11) is 0. The van der Waals surface area contributed by atoms with Crippen LogP contribution in [0.1, 0.15) is 34.6 Å². The van der Waals surface area contributed by atoms with Gasteiger partial charge in [0.2, 0.25) is 0 Å². The highest BCUT2D eigenvalue weighted by Gasteiger charge is 2.16. The van der Waals surface area contributed by atoms with Crippen molar-refractivity contribution in [2.24, 2.45) is 0 Å². The molecule has 0 fully saturated rings. The molecule has 0 aliphatic carbocycles. The molecule has 2 aromatic carbocycles. The van der Waals surface area contributed by atoms with E-state index in [1.165, 1.54) is 0 Å². The molecule has 1 N–H and O–H groups in total. The summed E-state index contributed by atoms with van der Waals surface area (Å²) in [5.74, 6) is -0.471. The molecule has 0 bridgehead atoms. The van der Waals surface area contributed by atoms with Crippen molar-refractivity contribution < 1.29 is 14.3 Å². The van der Waals surface area contributed by atoms with Gasteiger partial charge in [-0.1, -0.05) is 18.2 Å². The molecular weight excluding hydrogens is 366 g/mol. The molecule has 3 rings (SSSR count). The normalized spacial score (nSPS) is 10.3. The minimum atomic E-state index is -0.353. The zero-order valence-electron chi connectivity index (χ0n) is 16.5. The Hall–Kier alpha value is -3.67. The van der Waals surface area contributed by atoms with Gasteiger partial charge in [0.15, 0.2) is 0 Å². The van der Waals surface area contributed by atoms with E-state index in [1.807, 2.05) is 37.3 Å². The Labute approximate surface area is 170 Å². The molecule has 0 unspecified atom stereocenters. The van der Waals surface area contributed by atoms with Gasteiger partial charge in [0.1, 0.15) is 0 Å². The Kier molecular flexibility index (Phi) is 6.58. The van der Waals surface area contributed by atoms with Crippen LogP contribution in [-0.4, -0.2) is 30.0 Å². The van der Waals surface area contributed by atoms with E-state index in [2.05, 4.69) is 10.3 Å². The maximum Gasteiger partial charge on any atom is 0.338 e. The smallest absolute Gasteiger partial charge is 0.338 e. The number of anilines is 3. The lowest BCUT2D eigenvalue weighted by molar-refractivity contribution is 0.0526. The van der Waals surface area contributed by atoms with Crippen molar-refractivity contribution in [2.75, 3.05) is 23.4 Å². The number of esters is 1. The predicted molar refractivity (Wildman–Crippen MR) is 114 cm³/mol. The fourth-order valence-corrected chi connectivity index (χ4v) is 2.90. The highest BCUT2D eigenvalue weighted by atomic mass is 16.5. The van der Waals surface area contributed by atoms with E-state index in [9.17, 15) is 9.59 Å². The fraction of sp³-hybridized carbons (Fsp3) is 0.174. The van der Waals surface area contributed by atoms with Crippen molar-refractivity contribution >= 4 is 28.9 Å². The van der Waals surface area contributed by atoms with Crippen LogP contribution in [0.4, 0.5) is 17.1 Å². The second-order valence-corrected chi connectivity index (χ2v) is 6.27. The third-order valence-electron chi connectivity index (χ3n) is 4.30. The van der Waals surface area contributed by atoms with Crippen LogP contribution in [0.5, 0.6) is 0 Å². The van der Waals surface area contributed by atoms with Crippen molar-refractivity contribution in [1.29, 1.82) is 0 Å². The molecule has 0 spiro atoms. The molecular formula is C23H23N3O3. The maximum absolute atomic E-state index is 13.0. The van der Waals surface area contributed by atoms with Gasteiger partial charge in [0, 0.05) is 24.1 Å². The van der Waals surface area contributed by atoms with Crippen molar-refractivity contribution in [3.63, 3.8) is 0 Å². The maximum atomic E-state index is 13.0. The number of nitrogens with one attached hydrogen (secondary N) is 1. The van der Waals surface area contributed by atoms with Crippen molar-refractivity contribution in [2.45, 2.75) is 13.8 Å². The Morgan fingerprint density at radius 1 is 0.931 bits per heavy atom. The van der Waals surface area contributed by atoms with E-state index in [0.29, 0.717) is 30.0 Å². The van der Waals surface area contributed by atoms with E-state index in [-0.39, 0.29) is 11.9 Å². The van der Waals surface area contributed by atoms with E-state index >= 15 is 0 Å². The highest BCUT2D eigenvalue weighted by Crippen LogP contribution is 2.21. The van der Waals surface area contributed by atoms with E-state index in [4.69, 9.17) is 4.74 Å². The van der Waals surface area contributed by atoms with Crippen LogP contribution < -0.4 is 10.2 Å². The molecule has 29 heavy (non-hydrogen) atoms. The van der Waals surface area contributed by atoms with Crippen molar-refractivity contribution in [3.8, 4) is 0 Å². The van der Waals surface area contributed by atoms with Gasteiger partial charge in [-0.15, -0.1) is 0 Å². The third kappa shape index (κ3) is 4.99. The lowest BCUT2D eigenvalue weighted by Crippen LogP contribution is -2.30. The molecule has 148 valence electrons. The summed E-state index contributed by atoms with van der Waals surface area (Å²) in [5.41, 5.74) is 3.28. The lowest BCUT2D eigenvalue weighted by Gasteiger charge is -2.21. The summed E-state index contributed by atoms with van der Waals surface area (Å²) in [6.07, 6.45) is 3.21. The number of ether oxygens (including phenoxy) is 1. The summed E-state index contributed by atoms with van der Waals surface area (Å²) in [5, 5.41) is 3.21. The standard InChI is InChI=1S/C23H23N3O3/c1-3-26(21-8-6-5-7-9-21)22(27)18-14-20(16-24-15-18)25-19-12-10-17(11-13-19)23(28)29-4-2/h5-16,25H,3-4H2,1-2H3. The number of amides is 1.